The highest BCUT2D eigenvalue weighted by atomic mass is 32.2. The molecule has 0 saturated carbocycles. The first kappa shape index (κ1) is 12.6. The van der Waals surface area contributed by atoms with E-state index >= 15 is 0 Å². The van der Waals surface area contributed by atoms with Gasteiger partial charge in [-0.2, -0.15) is 11.8 Å². The van der Waals surface area contributed by atoms with Gasteiger partial charge in [0.25, 0.3) is 0 Å². The second kappa shape index (κ2) is 6.21. The zero-order chi connectivity index (χ0) is 12.1. The molecule has 0 radical (unpaired) electrons. The van der Waals surface area contributed by atoms with Crippen LogP contribution in [0.4, 0.5) is 0 Å². The number of thioether (sulfide) groups is 2. The Morgan fingerprint density at radius 2 is 2.06 bits per heavy atom. The van der Waals surface area contributed by atoms with Crippen LogP contribution >= 0.6 is 23.5 Å². The van der Waals surface area contributed by atoms with Gasteiger partial charge in [0.15, 0.2) is 5.44 Å². The summed E-state index contributed by atoms with van der Waals surface area (Å²) in [5, 5.41) is 0. The van der Waals surface area contributed by atoms with E-state index in [1.54, 1.807) is 43.1 Å². The van der Waals surface area contributed by atoms with Crippen LogP contribution in [0.2, 0.25) is 0 Å². The molecule has 0 aliphatic carbocycles. The van der Waals surface area contributed by atoms with Gasteiger partial charge >= 0.3 is 5.97 Å². The van der Waals surface area contributed by atoms with Crippen molar-refractivity contribution in [3.8, 4) is 5.75 Å². The van der Waals surface area contributed by atoms with Crippen LogP contribution in [0.3, 0.4) is 0 Å². The van der Waals surface area contributed by atoms with Crippen LogP contribution in [0.1, 0.15) is 10.4 Å². The molecule has 0 amide bonds. The maximum absolute atomic E-state index is 11.8. The molecule has 1 fully saturated rings. The fraction of sp³-hybridized carbons (Fsp3) is 0.417. The lowest BCUT2D eigenvalue weighted by Gasteiger charge is -2.20. The van der Waals surface area contributed by atoms with Gasteiger partial charge in [-0.1, -0.05) is 0 Å². The summed E-state index contributed by atoms with van der Waals surface area (Å²) in [4.78, 5) is 11.8. The molecule has 5 heteroatoms. The summed E-state index contributed by atoms with van der Waals surface area (Å²) in [5.74, 6) is 3.55. The normalized spacial score (nSPS) is 19.7. The molecule has 0 spiro atoms. The lowest BCUT2D eigenvalue weighted by Crippen LogP contribution is -2.21. The van der Waals surface area contributed by atoms with Gasteiger partial charge in [0.05, 0.1) is 12.7 Å². The minimum absolute atomic E-state index is 0.0108. The van der Waals surface area contributed by atoms with Crippen LogP contribution in [-0.4, -0.2) is 35.8 Å². The molecule has 17 heavy (non-hydrogen) atoms. The van der Waals surface area contributed by atoms with Gasteiger partial charge in [-0.05, 0) is 24.3 Å². The van der Waals surface area contributed by atoms with E-state index in [-0.39, 0.29) is 11.4 Å². The third-order valence-corrected chi connectivity index (χ3v) is 4.92. The zero-order valence-electron chi connectivity index (χ0n) is 9.55. The van der Waals surface area contributed by atoms with Crippen molar-refractivity contribution >= 4 is 29.5 Å². The third-order valence-electron chi connectivity index (χ3n) is 2.35. The summed E-state index contributed by atoms with van der Waals surface area (Å²) in [6, 6.07) is 6.97. The molecular formula is C12H14O3S2. The number of esters is 1. The molecule has 1 saturated heterocycles. The SMILES string of the molecule is COc1ccc(C(=O)OC2CSCCS2)cc1. The predicted octanol–water partition coefficient (Wildman–Crippen LogP) is 2.66. The molecule has 1 aliphatic rings. The summed E-state index contributed by atoms with van der Waals surface area (Å²) in [6.45, 7) is 0. The third kappa shape index (κ3) is 3.57. The molecule has 3 nitrogen and oxygen atoms in total. The molecule has 1 aliphatic heterocycles. The number of benzene rings is 1. The minimum Gasteiger partial charge on any atom is -0.497 e. The number of ether oxygens (including phenoxy) is 2. The quantitative estimate of drug-likeness (QED) is 0.789. The van der Waals surface area contributed by atoms with Crippen molar-refractivity contribution in [1.29, 1.82) is 0 Å². The first-order valence-corrected chi connectivity index (χ1v) is 7.54. The number of rotatable bonds is 3. The van der Waals surface area contributed by atoms with E-state index in [0.717, 1.165) is 23.0 Å². The molecule has 92 valence electrons. The van der Waals surface area contributed by atoms with Crippen LogP contribution in [-0.2, 0) is 4.74 Å². The lowest BCUT2D eigenvalue weighted by molar-refractivity contribution is 0.0486. The Labute approximate surface area is 109 Å². The fourth-order valence-corrected chi connectivity index (χ4v) is 3.82. The average Bonchev–Trinajstić information content (AvgIpc) is 2.40. The van der Waals surface area contributed by atoms with E-state index in [1.807, 2.05) is 11.8 Å². The van der Waals surface area contributed by atoms with Crippen molar-refractivity contribution in [2.45, 2.75) is 5.44 Å². The smallest absolute Gasteiger partial charge is 0.339 e. The topological polar surface area (TPSA) is 35.5 Å². The van der Waals surface area contributed by atoms with Crippen molar-refractivity contribution in [1.82, 2.24) is 0 Å². The van der Waals surface area contributed by atoms with Crippen LogP contribution in [0.15, 0.2) is 24.3 Å². The monoisotopic (exact) mass is 270 g/mol. The Hall–Kier alpha value is -0.810. The minimum atomic E-state index is -0.257. The van der Waals surface area contributed by atoms with Gasteiger partial charge in [0.1, 0.15) is 5.75 Å². The fourth-order valence-electron chi connectivity index (χ4n) is 1.45. The molecule has 2 rings (SSSR count). The second-order valence-corrected chi connectivity index (χ2v) is 5.93. The van der Waals surface area contributed by atoms with Crippen molar-refractivity contribution in [2.75, 3.05) is 24.4 Å². The van der Waals surface area contributed by atoms with Crippen LogP contribution in [0.25, 0.3) is 0 Å². The Balaban J connectivity index is 1.93. The number of carbonyl (C=O) groups excluding carboxylic acids is 1. The Morgan fingerprint density at radius 3 is 2.65 bits per heavy atom. The van der Waals surface area contributed by atoms with Crippen LogP contribution < -0.4 is 4.74 Å². The summed E-state index contributed by atoms with van der Waals surface area (Å²) < 4.78 is 10.5. The van der Waals surface area contributed by atoms with Crippen molar-refractivity contribution in [3.63, 3.8) is 0 Å². The maximum atomic E-state index is 11.8. The van der Waals surface area contributed by atoms with Gasteiger partial charge in [-0.3, -0.25) is 0 Å². The van der Waals surface area contributed by atoms with E-state index in [9.17, 15) is 4.79 Å². The first-order chi connectivity index (χ1) is 8.29. The van der Waals surface area contributed by atoms with Gasteiger partial charge in [-0.25, -0.2) is 4.79 Å². The Bertz CT molecular complexity index is 372. The molecule has 1 aromatic rings. The second-order valence-electron chi connectivity index (χ2n) is 3.51. The van der Waals surface area contributed by atoms with Crippen LogP contribution in [0, 0.1) is 0 Å². The molecule has 1 unspecified atom stereocenters. The molecule has 1 aromatic carbocycles. The Kier molecular flexibility index (Phi) is 4.62. The summed E-state index contributed by atoms with van der Waals surface area (Å²) in [7, 11) is 1.60. The molecule has 1 heterocycles. The standard InChI is InChI=1S/C12H14O3S2/c1-14-10-4-2-9(3-5-10)12(13)15-11-8-16-6-7-17-11/h2-5,11H,6-8H2,1H3. The highest BCUT2D eigenvalue weighted by molar-refractivity contribution is 8.06. The molecule has 1 atom stereocenters. The molecule has 0 bridgehead atoms. The van der Waals surface area contributed by atoms with Gasteiger partial charge in [0.2, 0.25) is 0 Å². The van der Waals surface area contributed by atoms with Crippen molar-refractivity contribution in [3.05, 3.63) is 29.8 Å². The highest BCUT2D eigenvalue weighted by Crippen LogP contribution is 2.25. The van der Waals surface area contributed by atoms with Gasteiger partial charge < -0.3 is 9.47 Å². The summed E-state index contributed by atoms with van der Waals surface area (Å²) >= 11 is 3.53. The predicted molar refractivity (Wildman–Crippen MR) is 72.0 cm³/mol. The van der Waals surface area contributed by atoms with Crippen LogP contribution in [0.5, 0.6) is 5.75 Å². The number of methoxy groups -OCH3 is 1. The zero-order valence-corrected chi connectivity index (χ0v) is 11.2. The lowest BCUT2D eigenvalue weighted by atomic mass is 10.2. The van der Waals surface area contributed by atoms with E-state index < -0.39 is 0 Å². The van der Waals surface area contributed by atoms with Gasteiger partial charge in [0, 0.05) is 17.3 Å². The van der Waals surface area contributed by atoms with E-state index in [2.05, 4.69) is 0 Å². The largest absolute Gasteiger partial charge is 0.497 e. The number of carbonyl (C=O) groups is 1. The number of hydrogen-bond donors (Lipinski definition) is 0. The average molecular weight is 270 g/mol. The van der Waals surface area contributed by atoms with E-state index in [4.69, 9.17) is 9.47 Å². The van der Waals surface area contributed by atoms with E-state index in [0.29, 0.717) is 5.56 Å². The first-order valence-electron chi connectivity index (χ1n) is 5.34. The van der Waals surface area contributed by atoms with Crippen molar-refractivity contribution < 1.29 is 14.3 Å². The maximum Gasteiger partial charge on any atom is 0.339 e. The summed E-state index contributed by atoms with van der Waals surface area (Å²) in [5.41, 5.74) is 0.560. The molecular weight excluding hydrogens is 256 g/mol. The molecule has 0 aromatic heterocycles. The van der Waals surface area contributed by atoms with Crippen molar-refractivity contribution in [2.24, 2.45) is 0 Å². The summed E-state index contributed by atoms with van der Waals surface area (Å²) in [6.07, 6.45) is 0. The Morgan fingerprint density at radius 1 is 1.29 bits per heavy atom. The highest BCUT2D eigenvalue weighted by Gasteiger charge is 2.19. The van der Waals surface area contributed by atoms with Gasteiger partial charge in [-0.15, -0.1) is 11.8 Å². The van der Waals surface area contributed by atoms with E-state index in [1.165, 1.54) is 0 Å². The number of hydrogen-bond acceptors (Lipinski definition) is 5. The molecule has 0 N–H and O–H groups in total.